The molecule has 4 nitrogen and oxygen atoms in total. The molecule has 1 N–H and O–H groups in total. The zero-order valence-electron chi connectivity index (χ0n) is 14.6. The predicted molar refractivity (Wildman–Crippen MR) is 97.2 cm³/mol. The Morgan fingerprint density at radius 1 is 0.960 bits per heavy atom. The summed E-state index contributed by atoms with van der Waals surface area (Å²) in [7, 11) is 0. The van der Waals surface area contributed by atoms with Crippen molar-refractivity contribution in [1.82, 2.24) is 0 Å². The van der Waals surface area contributed by atoms with Gasteiger partial charge in [0, 0.05) is 30.3 Å². The lowest BCUT2D eigenvalue weighted by Crippen LogP contribution is -2.49. The summed E-state index contributed by atoms with van der Waals surface area (Å²) in [6, 6.07) is 7.79. The van der Waals surface area contributed by atoms with Crippen LogP contribution in [0.3, 0.4) is 0 Å². The van der Waals surface area contributed by atoms with Crippen LogP contribution in [-0.2, 0) is 9.59 Å². The van der Waals surface area contributed by atoms with E-state index in [1.54, 1.807) is 0 Å². The number of anilines is 2. The number of nitrogens with one attached hydrogen (secondary N) is 1. The summed E-state index contributed by atoms with van der Waals surface area (Å²) in [6.07, 6.45) is 8.05. The largest absolute Gasteiger partial charge is 0.326 e. The first-order valence-corrected chi connectivity index (χ1v) is 9.88. The molecule has 5 aliphatic rings. The van der Waals surface area contributed by atoms with Crippen molar-refractivity contribution >= 4 is 23.2 Å². The molecule has 1 saturated heterocycles. The van der Waals surface area contributed by atoms with Crippen LogP contribution >= 0.6 is 0 Å². The van der Waals surface area contributed by atoms with E-state index in [0.717, 1.165) is 36.2 Å². The Labute approximate surface area is 149 Å². The van der Waals surface area contributed by atoms with Crippen molar-refractivity contribution in [2.45, 2.75) is 44.9 Å². The van der Waals surface area contributed by atoms with Crippen LogP contribution in [-0.4, -0.2) is 18.4 Å². The summed E-state index contributed by atoms with van der Waals surface area (Å²) in [4.78, 5) is 26.6. The number of nitrogens with zero attached hydrogens (tertiary/aromatic N) is 1. The molecule has 4 aliphatic carbocycles. The van der Waals surface area contributed by atoms with Crippen LogP contribution in [0.2, 0.25) is 0 Å². The van der Waals surface area contributed by atoms with Crippen LogP contribution in [0.4, 0.5) is 11.4 Å². The number of hydrogen-bond acceptors (Lipinski definition) is 2. The van der Waals surface area contributed by atoms with Crippen molar-refractivity contribution in [3.63, 3.8) is 0 Å². The zero-order chi connectivity index (χ0) is 17.0. The van der Waals surface area contributed by atoms with Crippen molar-refractivity contribution in [2.24, 2.45) is 29.6 Å². The van der Waals surface area contributed by atoms with E-state index in [-0.39, 0.29) is 17.7 Å². The third-order valence-electron chi connectivity index (χ3n) is 7.05. The van der Waals surface area contributed by atoms with E-state index in [1.165, 1.54) is 32.1 Å². The van der Waals surface area contributed by atoms with Crippen molar-refractivity contribution in [1.29, 1.82) is 0 Å². The van der Waals surface area contributed by atoms with Gasteiger partial charge in [-0.2, -0.15) is 0 Å². The molecule has 2 amide bonds. The Morgan fingerprint density at radius 3 is 2.16 bits per heavy atom. The highest BCUT2D eigenvalue weighted by atomic mass is 16.2. The lowest BCUT2D eigenvalue weighted by molar-refractivity contribution is -0.132. The number of carbonyl (C=O) groups excluding carboxylic acids is 2. The summed E-state index contributed by atoms with van der Waals surface area (Å²) in [5.74, 6) is 3.64. The van der Waals surface area contributed by atoms with E-state index < -0.39 is 0 Å². The molecule has 4 bridgehead atoms. The van der Waals surface area contributed by atoms with Gasteiger partial charge >= 0.3 is 0 Å². The molecule has 1 aromatic carbocycles. The fraction of sp³-hybridized carbons (Fsp3) is 0.619. The number of amides is 2. The van der Waals surface area contributed by atoms with E-state index in [2.05, 4.69) is 5.32 Å². The summed E-state index contributed by atoms with van der Waals surface area (Å²) in [6.45, 7) is 0.804. The molecule has 4 saturated carbocycles. The van der Waals surface area contributed by atoms with Crippen molar-refractivity contribution in [3.8, 4) is 0 Å². The molecule has 0 aromatic heterocycles. The number of carbonyl (C=O) groups is 2. The minimum atomic E-state index is 0.199. The molecule has 5 fully saturated rings. The minimum Gasteiger partial charge on any atom is -0.326 e. The SMILES string of the molecule is O=C(Nc1ccc(N2CCCC2=O)cc1)C1C2CC3CC(C2)CC1C3. The van der Waals surface area contributed by atoms with Crippen LogP contribution in [0.15, 0.2) is 24.3 Å². The smallest absolute Gasteiger partial charge is 0.228 e. The van der Waals surface area contributed by atoms with Crippen molar-refractivity contribution in [2.75, 3.05) is 16.8 Å². The van der Waals surface area contributed by atoms with Crippen LogP contribution in [0.1, 0.15) is 44.9 Å². The zero-order valence-corrected chi connectivity index (χ0v) is 14.6. The molecule has 0 spiro atoms. The second kappa shape index (κ2) is 5.86. The fourth-order valence-electron chi connectivity index (χ4n) is 6.22. The second-order valence-electron chi connectivity index (χ2n) is 8.64. The average Bonchev–Trinajstić information content (AvgIpc) is 3.00. The monoisotopic (exact) mass is 338 g/mol. The highest BCUT2D eigenvalue weighted by Gasteiger charge is 2.50. The Kier molecular flexibility index (Phi) is 3.61. The summed E-state index contributed by atoms with van der Waals surface area (Å²) in [5, 5.41) is 3.16. The first-order valence-electron chi connectivity index (χ1n) is 9.88. The molecular formula is C21H26N2O2. The molecular weight excluding hydrogens is 312 g/mol. The van der Waals surface area contributed by atoms with Gasteiger partial charge < -0.3 is 10.2 Å². The maximum absolute atomic E-state index is 12.9. The Bertz CT molecular complexity index is 668. The van der Waals surface area contributed by atoms with Crippen LogP contribution in [0, 0.1) is 29.6 Å². The average molecular weight is 338 g/mol. The summed E-state index contributed by atoms with van der Waals surface area (Å²) < 4.78 is 0. The molecule has 132 valence electrons. The molecule has 6 rings (SSSR count). The fourth-order valence-corrected chi connectivity index (χ4v) is 6.22. The summed E-state index contributed by atoms with van der Waals surface area (Å²) in [5.41, 5.74) is 1.80. The van der Waals surface area contributed by atoms with Gasteiger partial charge in [0.2, 0.25) is 11.8 Å². The first kappa shape index (κ1) is 15.4. The Hall–Kier alpha value is -1.84. The Morgan fingerprint density at radius 2 is 1.60 bits per heavy atom. The summed E-state index contributed by atoms with van der Waals surface area (Å²) >= 11 is 0. The topological polar surface area (TPSA) is 49.4 Å². The lowest BCUT2D eigenvalue weighted by Gasteiger charge is -2.53. The van der Waals surface area contributed by atoms with Crippen molar-refractivity contribution < 1.29 is 9.59 Å². The predicted octanol–water partition coefficient (Wildman–Crippen LogP) is 3.82. The molecule has 0 radical (unpaired) electrons. The number of hydrogen-bond donors (Lipinski definition) is 1. The lowest BCUT2D eigenvalue weighted by atomic mass is 9.51. The van der Waals surface area contributed by atoms with E-state index in [0.29, 0.717) is 18.3 Å². The van der Waals surface area contributed by atoms with Gasteiger partial charge in [-0.3, -0.25) is 9.59 Å². The van der Waals surface area contributed by atoms with Gasteiger partial charge in [0.25, 0.3) is 0 Å². The number of rotatable bonds is 3. The quantitative estimate of drug-likeness (QED) is 0.911. The van der Waals surface area contributed by atoms with Gasteiger partial charge in [0.05, 0.1) is 0 Å². The first-order chi connectivity index (χ1) is 12.2. The third-order valence-corrected chi connectivity index (χ3v) is 7.05. The van der Waals surface area contributed by atoms with E-state index >= 15 is 0 Å². The molecule has 0 atom stereocenters. The van der Waals surface area contributed by atoms with E-state index in [4.69, 9.17) is 0 Å². The van der Waals surface area contributed by atoms with Gasteiger partial charge in [-0.15, -0.1) is 0 Å². The maximum Gasteiger partial charge on any atom is 0.228 e. The van der Waals surface area contributed by atoms with Crippen LogP contribution in [0.5, 0.6) is 0 Å². The van der Waals surface area contributed by atoms with E-state index in [9.17, 15) is 9.59 Å². The van der Waals surface area contributed by atoms with Gasteiger partial charge in [0.1, 0.15) is 0 Å². The second-order valence-corrected chi connectivity index (χ2v) is 8.64. The molecule has 25 heavy (non-hydrogen) atoms. The minimum absolute atomic E-state index is 0.199. The molecule has 0 unspecified atom stereocenters. The van der Waals surface area contributed by atoms with Crippen LogP contribution in [0.25, 0.3) is 0 Å². The highest BCUT2D eigenvalue weighted by Crippen LogP contribution is 2.56. The van der Waals surface area contributed by atoms with Gasteiger partial charge in [-0.1, -0.05) is 0 Å². The van der Waals surface area contributed by atoms with E-state index in [1.807, 2.05) is 29.2 Å². The van der Waals surface area contributed by atoms with Gasteiger partial charge in [0.15, 0.2) is 0 Å². The van der Waals surface area contributed by atoms with Crippen LogP contribution < -0.4 is 10.2 Å². The molecule has 4 heteroatoms. The molecule has 1 heterocycles. The third kappa shape index (κ3) is 2.66. The molecule has 1 aliphatic heterocycles. The standard InChI is InChI=1S/C21H26N2O2/c24-19-2-1-7-23(19)18-5-3-17(4-6-18)22-21(25)20-15-9-13-8-14(11-15)12-16(20)10-13/h3-6,13-16,20H,1-2,7-12H2,(H,22,25). The van der Waals surface area contributed by atoms with Crippen molar-refractivity contribution in [3.05, 3.63) is 24.3 Å². The van der Waals surface area contributed by atoms with Gasteiger partial charge in [-0.05, 0) is 86.5 Å². The molecule has 1 aromatic rings. The Balaban J connectivity index is 1.27. The normalized spacial score (nSPS) is 36.1. The van der Waals surface area contributed by atoms with Gasteiger partial charge in [-0.25, -0.2) is 0 Å². The number of benzene rings is 1. The highest BCUT2D eigenvalue weighted by molar-refractivity contribution is 5.96. The maximum atomic E-state index is 12.9.